The van der Waals surface area contributed by atoms with E-state index in [0.29, 0.717) is 10.8 Å². The fourth-order valence-corrected chi connectivity index (χ4v) is 4.81. The average molecular weight is 410 g/mol. The number of methoxy groups -OCH3 is 1. The summed E-state index contributed by atoms with van der Waals surface area (Å²) >= 11 is 1.45. The number of ether oxygens (including phenoxy) is 2. The van der Waals surface area contributed by atoms with Crippen LogP contribution >= 0.6 is 11.8 Å². The third kappa shape index (κ3) is 3.87. The van der Waals surface area contributed by atoms with Crippen LogP contribution in [0.4, 0.5) is 4.79 Å². The van der Waals surface area contributed by atoms with Gasteiger partial charge in [-0.15, -0.1) is 11.8 Å². The molecule has 2 aromatic carbocycles. The maximum absolute atomic E-state index is 12.4. The summed E-state index contributed by atoms with van der Waals surface area (Å²) in [5.74, 6) is 0.185. The van der Waals surface area contributed by atoms with Gasteiger partial charge in [-0.25, -0.2) is 9.59 Å². The molecular weight excluding hydrogens is 388 g/mol. The Labute approximate surface area is 173 Å². The average Bonchev–Trinajstić information content (AvgIpc) is 3.35. The van der Waals surface area contributed by atoms with E-state index >= 15 is 0 Å². The molecule has 150 valence electrons. The Kier molecular flexibility index (Phi) is 5.58. The number of rotatable bonds is 5. The normalized spacial score (nSPS) is 18.4. The molecule has 0 saturated carbocycles. The van der Waals surface area contributed by atoms with Crippen LogP contribution in [0.3, 0.4) is 0 Å². The van der Waals surface area contributed by atoms with Gasteiger partial charge in [0.2, 0.25) is 0 Å². The molecule has 29 heavy (non-hydrogen) atoms. The number of hydrogen-bond acceptors (Lipinski definition) is 6. The number of hydrogen-bond donors (Lipinski definition) is 1. The third-order valence-electron chi connectivity index (χ3n) is 5.19. The quantitative estimate of drug-likeness (QED) is 0.762. The Morgan fingerprint density at radius 2 is 1.76 bits per heavy atom. The van der Waals surface area contributed by atoms with Gasteiger partial charge in [0, 0.05) is 11.7 Å². The van der Waals surface area contributed by atoms with Crippen LogP contribution < -0.4 is 5.32 Å². The molecule has 6 nitrogen and oxygen atoms in total. The zero-order valence-electron chi connectivity index (χ0n) is 16.3. The molecular formula is C22H22N2O4S. The van der Waals surface area contributed by atoms with E-state index in [1.165, 1.54) is 41.1 Å². The van der Waals surface area contributed by atoms with Crippen LogP contribution in [0.5, 0.6) is 0 Å². The zero-order valence-corrected chi connectivity index (χ0v) is 17.1. The molecule has 1 N–H and O–H groups in total. The monoisotopic (exact) mass is 410 g/mol. The Morgan fingerprint density at radius 1 is 1.14 bits per heavy atom. The van der Waals surface area contributed by atoms with Crippen LogP contribution in [0.2, 0.25) is 0 Å². The van der Waals surface area contributed by atoms with Crippen LogP contribution in [0.25, 0.3) is 11.1 Å². The summed E-state index contributed by atoms with van der Waals surface area (Å²) < 4.78 is 10.3. The van der Waals surface area contributed by atoms with Gasteiger partial charge in [-0.2, -0.15) is 0 Å². The summed E-state index contributed by atoms with van der Waals surface area (Å²) in [7, 11) is 1.35. The Hall–Kier alpha value is -2.80. The number of nitrogens with one attached hydrogen (secondary N) is 1. The highest BCUT2D eigenvalue weighted by molar-refractivity contribution is 8.14. The maximum Gasteiger partial charge on any atom is 0.407 e. The second kappa shape index (κ2) is 8.29. The lowest BCUT2D eigenvalue weighted by atomic mass is 9.98. The van der Waals surface area contributed by atoms with Crippen LogP contribution in [0.15, 0.2) is 53.5 Å². The van der Waals surface area contributed by atoms with Crippen molar-refractivity contribution in [3.8, 4) is 11.1 Å². The van der Waals surface area contributed by atoms with Crippen molar-refractivity contribution in [2.75, 3.05) is 19.5 Å². The van der Waals surface area contributed by atoms with Crippen LogP contribution in [-0.4, -0.2) is 48.7 Å². The van der Waals surface area contributed by atoms with Gasteiger partial charge < -0.3 is 14.8 Å². The summed E-state index contributed by atoms with van der Waals surface area (Å²) in [6, 6.07) is 15.6. The van der Waals surface area contributed by atoms with Gasteiger partial charge in [-0.1, -0.05) is 48.5 Å². The molecule has 1 heterocycles. The third-order valence-corrected chi connectivity index (χ3v) is 6.43. The molecule has 7 heteroatoms. The van der Waals surface area contributed by atoms with E-state index in [2.05, 4.69) is 34.6 Å². The minimum atomic E-state index is -0.508. The molecule has 1 aliphatic carbocycles. The lowest BCUT2D eigenvalue weighted by Gasteiger charge is -2.17. The van der Waals surface area contributed by atoms with E-state index in [1.54, 1.807) is 0 Å². The molecule has 1 amide bonds. The Morgan fingerprint density at radius 3 is 2.38 bits per heavy atom. The van der Waals surface area contributed by atoms with Crippen molar-refractivity contribution in [1.29, 1.82) is 0 Å². The highest BCUT2D eigenvalue weighted by atomic mass is 32.2. The second-order valence-corrected chi connectivity index (χ2v) is 8.05. The lowest BCUT2D eigenvalue weighted by molar-refractivity contribution is -0.141. The van der Waals surface area contributed by atoms with Crippen molar-refractivity contribution in [3.63, 3.8) is 0 Å². The first-order valence-electron chi connectivity index (χ1n) is 9.48. The Balaban J connectivity index is 1.39. The SMILES string of the molecule is COC(=O)[C@@H]1CSC([C@H](C)NC(=O)OCC2c3ccccc3-c3ccccc32)=N1. The number of aliphatic imine (C=N–C) groups is 1. The van der Waals surface area contributed by atoms with Crippen LogP contribution in [-0.2, 0) is 14.3 Å². The molecule has 4 rings (SSSR count). The van der Waals surface area contributed by atoms with Gasteiger partial charge in [0.05, 0.1) is 18.2 Å². The fraction of sp³-hybridized carbons (Fsp3) is 0.318. The number of alkyl carbamates (subject to hydrolysis) is 1. The predicted molar refractivity (Wildman–Crippen MR) is 113 cm³/mol. The largest absolute Gasteiger partial charge is 0.467 e. The summed E-state index contributed by atoms with van der Waals surface area (Å²) in [6.07, 6.45) is -0.496. The number of amides is 1. The number of carbonyl (C=O) groups is 2. The standard InChI is InChI=1S/C22H22N2O4S/c1-13(20-24-19(12-29-20)21(25)27-2)23-22(26)28-11-18-16-9-5-3-7-14(16)15-8-4-6-10-17(15)18/h3-10,13,18-19H,11-12H2,1-2H3,(H,23,26)/t13-,19-/m0/s1. The first kappa shape index (κ1) is 19.5. The number of esters is 1. The van der Waals surface area contributed by atoms with Crippen molar-refractivity contribution in [3.05, 3.63) is 59.7 Å². The highest BCUT2D eigenvalue weighted by Crippen LogP contribution is 2.44. The molecule has 0 saturated heterocycles. The molecule has 2 atom stereocenters. The molecule has 2 aliphatic rings. The Bertz CT molecular complexity index is 929. The van der Waals surface area contributed by atoms with Gasteiger partial charge in [0.1, 0.15) is 6.61 Å². The first-order valence-corrected chi connectivity index (χ1v) is 10.5. The molecule has 0 aromatic heterocycles. The van der Waals surface area contributed by atoms with Crippen molar-refractivity contribution in [1.82, 2.24) is 5.32 Å². The van der Waals surface area contributed by atoms with Gasteiger partial charge in [-0.3, -0.25) is 4.99 Å². The predicted octanol–water partition coefficient (Wildman–Crippen LogP) is 3.60. The second-order valence-electron chi connectivity index (χ2n) is 7.01. The minimum Gasteiger partial charge on any atom is -0.467 e. The van der Waals surface area contributed by atoms with Crippen molar-refractivity contribution in [2.45, 2.75) is 24.9 Å². The number of nitrogens with zero attached hydrogens (tertiary/aromatic N) is 1. The lowest BCUT2D eigenvalue weighted by Crippen LogP contribution is -2.37. The fourth-order valence-electron chi connectivity index (χ4n) is 3.76. The van der Waals surface area contributed by atoms with Gasteiger partial charge in [-0.05, 0) is 29.2 Å². The molecule has 2 aromatic rings. The smallest absolute Gasteiger partial charge is 0.407 e. The minimum absolute atomic E-state index is 0.0188. The van der Waals surface area contributed by atoms with E-state index < -0.39 is 12.1 Å². The van der Waals surface area contributed by atoms with E-state index in [9.17, 15) is 9.59 Å². The zero-order chi connectivity index (χ0) is 20.4. The van der Waals surface area contributed by atoms with Crippen molar-refractivity contribution >= 4 is 28.9 Å². The molecule has 0 bridgehead atoms. The van der Waals surface area contributed by atoms with Crippen LogP contribution in [0.1, 0.15) is 24.0 Å². The van der Waals surface area contributed by atoms with Gasteiger partial charge in [0.25, 0.3) is 0 Å². The number of benzene rings is 2. The van der Waals surface area contributed by atoms with Gasteiger partial charge in [0.15, 0.2) is 6.04 Å². The van der Waals surface area contributed by atoms with E-state index in [4.69, 9.17) is 9.47 Å². The highest BCUT2D eigenvalue weighted by Gasteiger charge is 2.31. The number of thioether (sulfide) groups is 1. The maximum atomic E-state index is 12.4. The molecule has 0 unspecified atom stereocenters. The van der Waals surface area contributed by atoms with E-state index in [0.717, 1.165) is 0 Å². The summed E-state index contributed by atoms with van der Waals surface area (Å²) in [4.78, 5) is 28.3. The van der Waals surface area contributed by atoms with Gasteiger partial charge >= 0.3 is 12.1 Å². The van der Waals surface area contributed by atoms with E-state index in [-0.39, 0.29) is 24.5 Å². The molecule has 0 radical (unpaired) electrons. The van der Waals surface area contributed by atoms with Crippen molar-refractivity contribution in [2.24, 2.45) is 4.99 Å². The summed E-state index contributed by atoms with van der Waals surface area (Å²) in [5.41, 5.74) is 4.73. The molecule has 0 fully saturated rings. The van der Waals surface area contributed by atoms with E-state index in [1.807, 2.05) is 31.2 Å². The molecule has 1 aliphatic heterocycles. The number of carbonyl (C=O) groups excluding carboxylic acids is 2. The molecule has 0 spiro atoms. The summed E-state index contributed by atoms with van der Waals surface area (Å²) in [6.45, 7) is 2.09. The van der Waals surface area contributed by atoms with Crippen molar-refractivity contribution < 1.29 is 19.1 Å². The topological polar surface area (TPSA) is 77.0 Å². The summed E-state index contributed by atoms with van der Waals surface area (Å²) in [5, 5.41) is 3.51. The first-order chi connectivity index (χ1) is 14.1. The number of fused-ring (bicyclic) bond motifs is 3. The van der Waals surface area contributed by atoms with Crippen LogP contribution in [0, 0.1) is 0 Å².